The Hall–Kier alpha value is -0.330. The molecule has 0 aromatic carbocycles. The third kappa shape index (κ3) is 2.67. The van der Waals surface area contributed by atoms with Gasteiger partial charge in [0.05, 0.1) is 0 Å². The van der Waals surface area contributed by atoms with Gasteiger partial charge in [-0.2, -0.15) is 0 Å². The van der Waals surface area contributed by atoms with E-state index in [1.54, 1.807) is 0 Å². The summed E-state index contributed by atoms with van der Waals surface area (Å²) in [6, 6.07) is 0. The van der Waals surface area contributed by atoms with Gasteiger partial charge in [0.2, 0.25) is 0 Å². The fourth-order valence-electron chi connectivity index (χ4n) is 3.60. The van der Waals surface area contributed by atoms with Gasteiger partial charge in [-0.1, -0.05) is 20.8 Å². The average molecular weight is 222 g/mol. The minimum Gasteiger partial charge on any atom is -0.299 e. The number of rotatable bonds is 1. The van der Waals surface area contributed by atoms with Crippen LogP contribution in [0.25, 0.3) is 0 Å². The molecular formula is C15H26O. The van der Waals surface area contributed by atoms with Crippen LogP contribution < -0.4 is 0 Å². The Morgan fingerprint density at radius 2 is 1.69 bits per heavy atom. The van der Waals surface area contributed by atoms with Crippen molar-refractivity contribution in [3.63, 3.8) is 0 Å². The van der Waals surface area contributed by atoms with Gasteiger partial charge in [-0.05, 0) is 55.8 Å². The van der Waals surface area contributed by atoms with Crippen LogP contribution in [0.15, 0.2) is 0 Å². The molecule has 1 heteroatoms. The van der Waals surface area contributed by atoms with E-state index in [1.165, 1.54) is 38.5 Å². The number of Topliss-reactive ketones (excluding diaryl/α,β-unsaturated/α-hetero) is 1. The lowest BCUT2D eigenvalue weighted by molar-refractivity contribution is -0.125. The molecule has 2 fully saturated rings. The molecular weight excluding hydrogens is 196 g/mol. The fourth-order valence-corrected chi connectivity index (χ4v) is 3.60. The summed E-state index contributed by atoms with van der Waals surface area (Å²) in [7, 11) is 0. The molecule has 0 N–H and O–H groups in total. The minimum absolute atomic E-state index is 0.341. The topological polar surface area (TPSA) is 17.1 Å². The normalized spacial score (nSPS) is 36.3. The van der Waals surface area contributed by atoms with E-state index in [2.05, 4.69) is 20.8 Å². The van der Waals surface area contributed by atoms with E-state index in [4.69, 9.17) is 0 Å². The molecule has 0 aromatic heterocycles. The number of carbonyl (C=O) groups is 1. The number of carbonyl (C=O) groups excluding carboxylic acids is 1. The van der Waals surface area contributed by atoms with E-state index in [-0.39, 0.29) is 0 Å². The molecule has 16 heavy (non-hydrogen) atoms. The summed E-state index contributed by atoms with van der Waals surface area (Å²) >= 11 is 0. The van der Waals surface area contributed by atoms with Crippen molar-refractivity contribution in [1.82, 2.24) is 0 Å². The number of ketones is 1. The van der Waals surface area contributed by atoms with E-state index in [0.717, 1.165) is 18.3 Å². The minimum atomic E-state index is 0.341. The predicted octanol–water partition coefficient (Wildman–Crippen LogP) is 4.21. The fraction of sp³-hybridized carbons (Fsp3) is 0.933. The first-order chi connectivity index (χ1) is 7.48. The maximum Gasteiger partial charge on any atom is 0.135 e. The highest BCUT2D eigenvalue weighted by atomic mass is 16.1. The van der Waals surface area contributed by atoms with Crippen LogP contribution in [0, 0.1) is 23.2 Å². The van der Waals surface area contributed by atoms with Gasteiger partial charge in [0.15, 0.2) is 0 Å². The lowest BCUT2D eigenvalue weighted by Gasteiger charge is -2.40. The van der Waals surface area contributed by atoms with Crippen molar-refractivity contribution in [2.45, 2.75) is 65.7 Å². The van der Waals surface area contributed by atoms with Crippen molar-refractivity contribution >= 4 is 5.78 Å². The van der Waals surface area contributed by atoms with Gasteiger partial charge in [0.1, 0.15) is 5.78 Å². The van der Waals surface area contributed by atoms with Gasteiger partial charge >= 0.3 is 0 Å². The maximum absolute atomic E-state index is 11.5. The monoisotopic (exact) mass is 222 g/mol. The van der Waals surface area contributed by atoms with Gasteiger partial charge in [-0.15, -0.1) is 0 Å². The van der Waals surface area contributed by atoms with Crippen LogP contribution in [-0.2, 0) is 4.79 Å². The Bertz CT molecular complexity index is 257. The van der Waals surface area contributed by atoms with Crippen LogP contribution in [0.5, 0.6) is 0 Å². The average Bonchev–Trinajstić information content (AvgIpc) is 2.22. The zero-order chi connectivity index (χ0) is 11.8. The third-order valence-electron chi connectivity index (χ3n) is 5.02. The Kier molecular flexibility index (Phi) is 3.42. The van der Waals surface area contributed by atoms with Crippen molar-refractivity contribution in [2.24, 2.45) is 23.2 Å². The number of hydrogen-bond acceptors (Lipinski definition) is 1. The van der Waals surface area contributed by atoms with Gasteiger partial charge in [0.25, 0.3) is 0 Å². The van der Waals surface area contributed by atoms with Gasteiger partial charge < -0.3 is 0 Å². The molecule has 92 valence electrons. The molecule has 0 saturated heterocycles. The summed E-state index contributed by atoms with van der Waals surface area (Å²) < 4.78 is 0. The van der Waals surface area contributed by atoms with Crippen LogP contribution in [0.3, 0.4) is 0 Å². The second-order valence-electron chi connectivity index (χ2n) is 6.90. The summed E-state index contributed by atoms with van der Waals surface area (Å²) in [5.41, 5.74) is 0.576. The Labute approximate surface area is 100.0 Å². The van der Waals surface area contributed by atoms with E-state index in [1.807, 2.05) is 0 Å². The molecule has 2 unspecified atom stereocenters. The zero-order valence-electron chi connectivity index (χ0n) is 11.1. The Morgan fingerprint density at radius 1 is 1.06 bits per heavy atom. The van der Waals surface area contributed by atoms with Crippen molar-refractivity contribution in [2.75, 3.05) is 0 Å². The first kappa shape index (κ1) is 12.1. The van der Waals surface area contributed by atoms with Crippen molar-refractivity contribution < 1.29 is 4.79 Å². The van der Waals surface area contributed by atoms with Crippen LogP contribution in [0.2, 0.25) is 0 Å². The smallest absolute Gasteiger partial charge is 0.135 e. The molecule has 2 saturated carbocycles. The molecule has 0 aromatic rings. The Balaban J connectivity index is 1.88. The van der Waals surface area contributed by atoms with Crippen molar-refractivity contribution in [3.05, 3.63) is 0 Å². The zero-order valence-corrected chi connectivity index (χ0v) is 11.1. The Morgan fingerprint density at radius 3 is 2.25 bits per heavy atom. The summed E-state index contributed by atoms with van der Waals surface area (Å²) in [5.74, 6) is 2.62. The molecule has 2 aliphatic rings. The van der Waals surface area contributed by atoms with Crippen LogP contribution >= 0.6 is 0 Å². The van der Waals surface area contributed by atoms with Gasteiger partial charge in [-0.25, -0.2) is 0 Å². The van der Waals surface area contributed by atoms with Crippen molar-refractivity contribution in [3.8, 4) is 0 Å². The quantitative estimate of drug-likeness (QED) is 0.649. The van der Waals surface area contributed by atoms with Crippen molar-refractivity contribution in [1.29, 1.82) is 0 Å². The molecule has 2 rings (SSSR count). The second-order valence-corrected chi connectivity index (χ2v) is 6.90. The molecule has 0 aliphatic heterocycles. The summed E-state index contributed by atoms with van der Waals surface area (Å²) in [6.45, 7) is 6.92. The maximum atomic E-state index is 11.5. The van der Waals surface area contributed by atoms with Crippen LogP contribution in [-0.4, -0.2) is 5.78 Å². The predicted molar refractivity (Wildman–Crippen MR) is 67.3 cm³/mol. The van der Waals surface area contributed by atoms with E-state index in [9.17, 15) is 4.79 Å². The highest BCUT2D eigenvalue weighted by Gasteiger charge is 2.34. The van der Waals surface area contributed by atoms with Gasteiger partial charge in [0, 0.05) is 12.3 Å². The highest BCUT2D eigenvalue weighted by Crippen LogP contribution is 2.44. The highest BCUT2D eigenvalue weighted by molar-refractivity contribution is 5.81. The summed E-state index contributed by atoms with van der Waals surface area (Å²) in [4.78, 5) is 11.5. The molecule has 1 nitrogen and oxygen atoms in total. The standard InChI is InChI=1S/C15H26O/c1-11-10-13(4-5-14(11)16)12-6-8-15(2,3)9-7-12/h11-13H,4-10H2,1-3H3. The summed E-state index contributed by atoms with van der Waals surface area (Å²) in [5, 5.41) is 0. The lowest BCUT2D eigenvalue weighted by Crippen LogP contribution is -2.31. The largest absolute Gasteiger partial charge is 0.299 e. The third-order valence-corrected chi connectivity index (χ3v) is 5.02. The molecule has 0 heterocycles. The van der Waals surface area contributed by atoms with E-state index >= 15 is 0 Å². The molecule has 0 spiro atoms. The lowest BCUT2D eigenvalue weighted by atomic mass is 9.65. The van der Waals surface area contributed by atoms with Crippen LogP contribution in [0.1, 0.15) is 65.7 Å². The van der Waals surface area contributed by atoms with E-state index in [0.29, 0.717) is 17.1 Å². The molecule has 0 bridgehead atoms. The molecule has 0 amide bonds. The molecule has 2 atom stereocenters. The van der Waals surface area contributed by atoms with E-state index < -0.39 is 0 Å². The molecule has 2 aliphatic carbocycles. The van der Waals surface area contributed by atoms with Crippen LogP contribution in [0.4, 0.5) is 0 Å². The first-order valence-corrected chi connectivity index (χ1v) is 7.01. The molecule has 0 radical (unpaired) electrons. The van der Waals surface area contributed by atoms with Gasteiger partial charge in [-0.3, -0.25) is 4.79 Å². The first-order valence-electron chi connectivity index (χ1n) is 7.01. The summed E-state index contributed by atoms with van der Waals surface area (Å²) in [6.07, 6.45) is 8.77. The second kappa shape index (κ2) is 4.50. The SMILES string of the molecule is CC1CC(C2CCC(C)(C)CC2)CCC1=O. The number of hydrogen-bond donors (Lipinski definition) is 0.